The first-order valence-electron chi connectivity index (χ1n) is 4.73. The van der Waals surface area contributed by atoms with Crippen molar-refractivity contribution in [3.05, 3.63) is 0 Å². The molecule has 0 atom stereocenters. The van der Waals surface area contributed by atoms with Crippen molar-refractivity contribution in [2.45, 2.75) is 49.3 Å². The third kappa shape index (κ3) is 2.64. The molecule has 12 heavy (non-hydrogen) atoms. The molecule has 0 aromatic heterocycles. The highest BCUT2D eigenvalue weighted by atomic mass is 31.2. The molecule has 1 rings (SSSR count). The Morgan fingerprint density at radius 3 is 1.08 bits per heavy atom. The molecule has 0 bridgehead atoms. The Bertz CT molecular complexity index is 145. The van der Waals surface area contributed by atoms with Gasteiger partial charge >= 0.3 is 0 Å². The van der Waals surface area contributed by atoms with Gasteiger partial charge in [0.05, 0.1) is 16.1 Å². The van der Waals surface area contributed by atoms with Gasteiger partial charge in [0.2, 0.25) is 0 Å². The molecular weight excluding hydrogens is 214 g/mol. The Kier molecular flexibility index (Phi) is 3.28. The van der Waals surface area contributed by atoms with Crippen LogP contribution in [0, 0.1) is 0 Å². The molecule has 1 aliphatic rings. The molecule has 0 saturated carbocycles. The van der Waals surface area contributed by atoms with Crippen LogP contribution in [-0.4, -0.2) is 26.2 Å². The summed E-state index contributed by atoms with van der Waals surface area (Å²) < 4.78 is 0. The second kappa shape index (κ2) is 3.46. The van der Waals surface area contributed by atoms with Gasteiger partial charge in [-0.05, 0) is 10.0 Å². The van der Waals surface area contributed by atoms with Crippen molar-refractivity contribution in [3.8, 4) is 0 Å². The van der Waals surface area contributed by atoms with Crippen LogP contribution in [0.15, 0.2) is 0 Å². The molecule has 4 heteroatoms. The maximum atomic E-state index is 2.54. The van der Waals surface area contributed by atoms with Crippen molar-refractivity contribution in [2.24, 2.45) is 0 Å². The van der Waals surface area contributed by atoms with Gasteiger partial charge in [-0.2, -0.15) is 0 Å². The summed E-state index contributed by atoms with van der Waals surface area (Å²) in [4.78, 5) is 0. The van der Waals surface area contributed by atoms with E-state index >= 15 is 0 Å². The first-order valence-corrected chi connectivity index (χ1v) is 14.2. The van der Waals surface area contributed by atoms with Gasteiger partial charge in [-0.25, -0.2) is 0 Å². The smallest absolute Gasteiger partial charge is 0.0564 e. The van der Waals surface area contributed by atoms with E-state index in [1.165, 1.54) is 27.2 Å². The first kappa shape index (κ1) is 11.4. The summed E-state index contributed by atoms with van der Waals surface area (Å²) in [6.45, 7) is 15.2. The Balaban J connectivity index is 2.39. The number of hydrogen-bond acceptors (Lipinski definition) is 0. The summed E-state index contributed by atoms with van der Waals surface area (Å²) in [5.74, 6) is 0. The quantitative estimate of drug-likeness (QED) is 0.506. The minimum atomic E-state index is -0.747. The molecule has 72 valence electrons. The minimum absolute atomic E-state index is 0.747. The van der Waals surface area contributed by atoms with E-state index < -0.39 is 16.1 Å². The summed E-state index contributed by atoms with van der Waals surface area (Å²) in [7, 11) is 1.19. The van der Waals surface area contributed by atoms with Crippen molar-refractivity contribution < 1.29 is 0 Å². The van der Waals surface area contributed by atoms with Crippen molar-refractivity contribution >= 4 is 33.3 Å². The first-order chi connectivity index (χ1) is 5.21. The Hall–Kier alpha value is 1.29. The molecule has 0 radical (unpaired) electrons. The molecule has 0 N–H and O–H groups in total. The zero-order chi connectivity index (χ0) is 9.57. The molecule has 0 nitrogen and oxygen atoms in total. The molecule has 1 saturated heterocycles. The van der Waals surface area contributed by atoms with E-state index in [0.717, 1.165) is 0 Å². The molecule has 1 aliphatic heterocycles. The van der Waals surface area contributed by atoms with E-state index in [1.807, 2.05) is 0 Å². The summed E-state index contributed by atoms with van der Waals surface area (Å²) in [6.07, 6.45) is 0. The standard InChI is InChI=1S/C8H22P2Si2/c1-11(2,3)7-9-8(10-7)12(4,5)6/h7-10H,1-6H3. The van der Waals surface area contributed by atoms with Gasteiger partial charge in [-0.15, -0.1) is 17.2 Å². The fourth-order valence-corrected chi connectivity index (χ4v) is 16.5. The van der Waals surface area contributed by atoms with Gasteiger partial charge in [-0.3, -0.25) is 0 Å². The van der Waals surface area contributed by atoms with Crippen LogP contribution >= 0.6 is 17.2 Å². The molecule has 0 aliphatic carbocycles. The van der Waals surface area contributed by atoms with Gasteiger partial charge in [0, 0.05) is 0 Å². The topological polar surface area (TPSA) is 0 Å². The molecule has 0 aromatic carbocycles. The lowest BCUT2D eigenvalue weighted by atomic mass is 11.7. The van der Waals surface area contributed by atoms with E-state index in [-0.39, 0.29) is 0 Å². The summed E-state index contributed by atoms with van der Waals surface area (Å²) in [5.41, 5.74) is 0. The molecule has 0 aromatic rings. The van der Waals surface area contributed by atoms with Gasteiger partial charge in [0.25, 0.3) is 0 Å². The minimum Gasteiger partial charge on any atom is -0.113 e. The van der Waals surface area contributed by atoms with Crippen LogP contribution in [0.1, 0.15) is 0 Å². The van der Waals surface area contributed by atoms with Crippen molar-refractivity contribution in [1.29, 1.82) is 0 Å². The average molecular weight is 236 g/mol. The van der Waals surface area contributed by atoms with Crippen LogP contribution in [0.4, 0.5) is 0 Å². The Morgan fingerprint density at radius 2 is 0.917 bits per heavy atom. The van der Waals surface area contributed by atoms with Gasteiger partial charge < -0.3 is 0 Å². The van der Waals surface area contributed by atoms with Crippen LogP contribution in [0.3, 0.4) is 0 Å². The van der Waals surface area contributed by atoms with Crippen LogP contribution < -0.4 is 0 Å². The highest BCUT2D eigenvalue weighted by molar-refractivity contribution is 7.83. The SMILES string of the molecule is C[Si](C)(C)C1PC([Si](C)(C)C)P1. The highest BCUT2D eigenvalue weighted by Crippen LogP contribution is 2.63. The van der Waals surface area contributed by atoms with Crippen LogP contribution in [0.2, 0.25) is 39.3 Å². The fourth-order valence-electron chi connectivity index (χ4n) is 1.33. The molecule has 0 unspecified atom stereocenters. The lowest BCUT2D eigenvalue weighted by Crippen LogP contribution is -2.46. The van der Waals surface area contributed by atoms with Gasteiger partial charge in [-0.1, -0.05) is 39.3 Å². The zero-order valence-corrected chi connectivity index (χ0v) is 13.2. The average Bonchev–Trinajstić information content (AvgIpc) is 1.46. The molecule has 1 fully saturated rings. The third-order valence-corrected chi connectivity index (χ3v) is 21.6. The highest BCUT2D eigenvalue weighted by Gasteiger charge is 2.43. The van der Waals surface area contributed by atoms with E-state index in [9.17, 15) is 0 Å². The van der Waals surface area contributed by atoms with Crippen molar-refractivity contribution in [1.82, 2.24) is 0 Å². The van der Waals surface area contributed by atoms with Crippen molar-refractivity contribution in [2.75, 3.05) is 0 Å². The predicted molar refractivity (Wildman–Crippen MR) is 70.9 cm³/mol. The van der Waals surface area contributed by atoms with E-state index in [1.54, 1.807) is 0 Å². The lowest BCUT2D eigenvalue weighted by molar-refractivity contribution is 1.46. The monoisotopic (exact) mass is 236 g/mol. The fraction of sp³-hybridized carbons (Fsp3) is 1.00. The second-order valence-corrected chi connectivity index (χ2v) is 23.0. The van der Waals surface area contributed by atoms with Crippen LogP contribution in [-0.2, 0) is 0 Å². The predicted octanol–water partition coefficient (Wildman–Crippen LogP) is 3.76. The van der Waals surface area contributed by atoms with Gasteiger partial charge in [0.15, 0.2) is 0 Å². The lowest BCUT2D eigenvalue weighted by Gasteiger charge is -2.48. The van der Waals surface area contributed by atoms with E-state index in [0.29, 0.717) is 0 Å². The zero-order valence-electron chi connectivity index (χ0n) is 9.15. The Morgan fingerprint density at radius 1 is 0.667 bits per heavy atom. The molecule has 0 spiro atoms. The molecule has 1 heterocycles. The Labute approximate surface area is 82.9 Å². The maximum absolute atomic E-state index is 2.54. The maximum Gasteiger partial charge on any atom is 0.0564 e. The number of hydrogen-bond donors (Lipinski definition) is 0. The number of rotatable bonds is 2. The van der Waals surface area contributed by atoms with E-state index in [2.05, 4.69) is 39.3 Å². The van der Waals surface area contributed by atoms with E-state index in [4.69, 9.17) is 0 Å². The second-order valence-electron chi connectivity index (χ2n) is 5.93. The van der Waals surface area contributed by atoms with Crippen molar-refractivity contribution in [3.63, 3.8) is 0 Å². The van der Waals surface area contributed by atoms with Crippen LogP contribution in [0.5, 0.6) is 0 Å². The van der Waals surface area contributed by atoms with Crippen LogP contribution in [0.25, 0.3) is 0 Å². The molecule has 0 amide bonds. The summed E-state index contributed by atoms with van der Waals surface area (Å²) >= 11 is 0. The molecular formula is C8H22P2Si2. The third-order valence-electron chi connectivity index (χ3n) is 2.40. The normalized spacial score (nSPS) is 35.5. The summed E-state index contributed by atoms with van der Waals surface area (Å²) in [5, 5.41) is 2.41. The summed E-state index contributed by atoms with van der Waals surface area (Å²) in [6, 6.07) is 0. The largest absolute Gasteiger partial charge is 0.113 e. The van der Waals surface area contributed by atoms with Gasteiger partial charge in [0.1, 0.15) is 0 Å².